The van der Waals surface area contributed by atoms with Crippen LogP contribution in [0, 0.1) is 0 Å². The molecule has 0 saturated carbocycles. The Morgan fingerprint density at radius 1 is 1.28 bits per heavy atom. The van der Waals surface area contributed by atoms with Gasteiger partial charge in [0.15, 0.2) is 0 Å². The average Bonchev–Trinajstić information content (AvgIpc) is 3.32. The molecular weight excluding hydrogens is 445 g/mol. The molecule has 7 nitrogen and oxygen atoms in total. The Labute approximate surface area is 187 Å². The number of carbonyl (C=O) groups excluding carboxylic acids is 1. The van der Waals surface area contributed by atoms with Gasteiger partial charge in [0.1, 0.15) is 0 Å². The average molecular weight is 471 g/mol. The highest BCUT2D eigenvalue weighted by molar-refractivity contribution is 7.10. The standard InChI is InChI=1S/C19H24N4OS.C2HF3O2/c1-13(2)19-21-15(12-25-19)17-11-14(16-7-5-6-9-23(16)17)18(24)20-8-10-22(3)4;3-2(4,5)1(6)7/h5-7,9,11-13H,8,10H2,1-4H3,(H,20,24);(H,6,7). The summed E-state index contributed by atoms with van der Waals surface area (Å²) in [6, 6.07) is 7.84. The summed E-state index contributed by atoms with van der Waals surface area (Å²) in [4.78, 5) is 28.3. The summed E-state index contributed by atoms with van der Waals surface area (Å²) in [5.41, 5.74) is 3.46. The van der Waals surface area contributed by atoms with Crippen LogP contribution < -0.4 is 5.32 Å². The number of aliphatic carboxylic acids is 1. The minimum atomic E-state index is -5.08. The Hall–Kier alpha value is -2.92. The van der Waals surface area contributed by atoms with Crippen LogP contribution in [0.5, 0.6) is 0 Å². The number of thiazole rings is 1. The first-order valence-corrected chi connectivity index (χ1v) is 10.6. The van der Waals surface area contributed by atoms with Crippen LogP contribution in [0.1, 0.15) is 35.1 Å². The fraction of sp³-hybridized carbons (Fsp3) is 0.381. The lowest BCUT2D eigenvalue weighted by molar-refractivity contribution is -0.192. The first-order valence-electron chi connectivity index (χ1n) is 9.70. The zero-order valence-corrected chi connectivity index (χ0v) is 18.9. The van der Waals surface area contributed by atoms with Gasteiger partial charge < -0.3 is 19.7 Å². The summed E-state index contributed by atoms with van der Waals surface area (Å²) in [6.45, 7) is 5.72. The van der Waals surface area contributed by atoms with Crippen molar-refractivity contribution in [3.8, 4) is 11.4 Å². The quantitative estimate of drug-likeness (QED) is 0.566. The van der Waals surface area contributed by atoms with Gasteiger partial charge in [-0.25, -0.2) is 9.78 Å². The fourth-order valence-corrected chi connectivity index (χ4v) is 3.52. The zero-order chi connectivity index (χ0) is 24.1. The molecule has 0 unspecified atom stereocenters. The number of carboxylic acids is 1. The molecule has 3 rings (SSSR count). The Bertz CT molecular complexity index is 1070. The molecular formula is C21H25F3N4O3S. The third-order valence-electron chi connectivity index (χ3n) is 4.29. The van der Waals surface area contributed by atoms with E-state index in [1.54, 1.807) is 11.3 Å². The molecule has 0 spiro atoms. The van der Waals surface area contributed by atoms with Crippen LogP contribution in [0.15, 0.2) is 35.8 Å². The molecule has 32 heavy (non-hydrogen) atoms. The predicted octanol–water partition coefficient (Wildman–Crippen LogP) is 4.11. The number of fused-ring (bicyclic) bond motifs is 1. The normalized spacial score (nSPS) is 11.5. The van der Waals surface area contributed by atoms with Crippen molar-refractivity contribution in [3.05, 3.63) is 46.4 Å². The fourth-order valence-electron chi connectivity index (χ4n) is 2.69. The molecule has 0 fully saturated rings. The van der Waals surface area contributed by atoms with Crippen LogP contribution in [0.3, 0.4) is 0 Å². The maximum Gasteiger partial charge on any atom is 0.490 e. The summed E-state index contributed by atoms with van der Waals surface area (Å²) < 4.78 is 33.8. The molecule has 11 heteroatoms. The molecule has 0 bridgehead atoms. The number of alkyl halides is 3. The number of pyridine rings is 1. The highest BCUT2D eigenvalue weighted by Gasteiger charge is 2.38. The summed E-state index contributed by atoms with van der Waals surface area (Å²) in [6.07, 6.45) is -3.10. The second-order valence-corrected chi connectivity index (χ2v) is 8.38. The Kier molecular flexibility index (Phi) is 8.39. The van der Waals surface area contributed by atoms with E-state index in [0.29, 0.717) is 18.0 Å². The van der Waals surface area contributed by atoms with E-state index >= 15 is 0 Å². The van der Waals surface area contributed by atoms with Gasteiger partial charge in [0.05, 0.1) is 27.5 Å². The molecule has 3 aromatic rings. The minimum absolute atomic E-state index is 0.0453. The van der Waals surface area contributed by atoms with Crippen molar-refractivity contribution in [1.82, 2.24) is 19.6 Å². The summed E-state index contributed by atoms with van der Waals surface area (Å²) >= 11 is 1.67. The van der Waals surface area contributed by atoms with Gasteiger partial charge in [-0.05, 0) is 32.3 Å². The van der Waals surface area contributed by atoms with Crippen molar-refractivity contribution < 1.29 is 27.9 Å². The third kappa shape index (κ3) is 6.54. The van der Waals surface area contributed by atoms with Gasteiger partial charge in [-0.3, -0.25) is 4.79 Å². The van der Waals surface area contributed by atoms with Crippen molar-refractivity contribution >= 4 is 28.7 Å². The van der Waals surface area contributed by atoms with Crippen molar-refractivity contribution in [1.29, 1.82) is 0 Å². The lowest BCUT2D eigenvalue weighted by Crippen LogP contribution is -2.31. The number of carboxylic acid groups (broad SMARTS) is 1. The second kappa shape index (κ2) is 10.6. The Morgan fingerprint density at radius 3 is 2.47 bits per heavy atom. The molecule has 1 amide bonds. The first kappa shape index (κ1) is 25.3. The van der Waals surface area contributed by atoms with Crippen molar-refractivity contribution in [2.45, 2.75) is 25.9 Å². The van der Waals surface area contributed by atoms with E-state index in [2.05, 4.69) is 24.5 Å². The maximum absolute atomic E-state index is 12.6. The van der Waals surface area contributed by atoms with Gasteiger partial charge >= 0.3 is 12.1 Å². The van der Waals surface area contributed by atoms with Gasteiger partial charge in [0, 0.05) is 30.6 Å². The van der Waals surface area contributed by atoms with Crippen LogP contribution in [-0.4, -0.2) is 64.6 Å². The van der Waals surface area contributed by atoms with Gasteiger partial charge in [-0.2, -0.15) is 13.2 Å². The van der Waals surface area contributed by atoms with E-state index in [0.717, 1.165) is 28.5 Å². The topological polar surface area (TPSA) is 86.9 Å². The van der Waals surface area contributed by atoms with Crippen LogP contribution in [0.25, 0.3) is 16.9 Å². The summed E-state index contributed by atoms with van der Waals surface area (Å²) in [5, 5.41) is 13.3. The van der Waals surface area contributed by atoms with Crippen LogP contribution in [0.4, 0.5) is 13.2 Å². The number of amides is 1. The minimum Gasteiger partial charge on any atom is -0.475 e. The van der Waals surface area contributed by atoms with Crippen molar-refractivity contribution in [3.63, 3.8) is 0 Å². The second-order valence-electron chi connectivity index (χ2n) is 7.49. The number of nitrogens with one attached hydrogen (secondary N) is 1. The lowest BCUT2D eigenvalue weighted by Gasteiger charge is -2.10. The molecule has 0 radical (unpaired) electrons. The van der Waals surface area contributed by atoms with Crippen LogP contribution >= 0.6 is 11.3 Å². The number of halogens is 3. The number of carbonyl (C=O) groups is 2. The van der Waals surface area contributed by atoms with Gasteiger partial charge in [-0.15, -0.1) is 11.3 Å². The molecule has 3 heterocycles. The molecule has 174 valence electrons. The number of hydrogen-bond donors (Lipinski definition) is 2. The van der Waals surface area contributed by atoms with Crippen LogP contribution in [0.2, 0.25) is 0 Å². The number of nitrogens with zero attached hydrogens (tertiary/aromatic N) is 3. The van der Waals surface area contributed by atoms with Crippen molar-refractivity contribution in [2.24, 2.45) is 0 Å². The van der Waals surface area contributed by atoms with E-state index in [1.165, 1.54) is 0 Å². The molecule has 0 saturated heterocycles. The molecule has 0 aromatic carbocycles. The Balaban J connectivity index is 0.000000451. The summed E-state index contributed by atoms with van der Waals surface area (Å²) in [5.74, 6) is -2.40. The smallest absolute Gasteiger partial charge is 0.475 e. The number of aromatic nitrogens is 2. The number of likely N-dealkylation sites (N-methyl/N-ethyl adjacent to an activating group) is 1. The zero-order valence-electron chi connectivity index (χ0n) is 18.1. The van der Waals surface area contributed by atoms with Gasteiger partial charge in [-0.1, -0.05) is 19.9 Å². The molecule has 0 aliphatic carbocycles. The number of rotatable bonds is 6. The van der Waals surface area contributed by atoms with E-state index in [1.807, 2.05) is 53.9 Å². The van der Waals surface area contributed by atoms with E-state index in [9.17, 15) is 18.0 Å². The predicted molar refractivity (Wildman–Crippen MR) is 117 cm³/mol. The van der Waals surface area contributed by atoms with Gasteiger partial charge in [0.25, 0.3) is 5.91 Å². The highest BCUT2D eigenvalue weighted by Crippen LogP contribution is 2.29. The first-order chi connectivity index (χ1) is 14.9. The Morgan fingerprint density at radius 2 is 1.94 bits per heavy atom. The third-order valence-corrected chi connectivity index (χ3v) is 5.43. The number of hydrogen-bond acceptors (Lipinski definition) is 5. The molecule has 3 aromatic heterocycles. The van der Waals surface area contributed by atoms with Gasteiger partial charge in [0.2, 0.25) is 0 Å². The maximum atomic E-state index is 12.6. The molecule has 0 atom stereocenters. The monoisotopic (exact) mass is 470 g/mol. The largest absolute Gasteiger partial charge is 0.490 e. The van der Waals surface area contributed by atoms with E-state index < -0.39 is 12.1 Å². The lowest BCUT2D eigenvalue weighted by atomic mass is 10.2. The van der Waals surface area contributed by atoms with E-state index in [4.69, 9.17) is 14.9 Å². The highest BCUT2D eigenvalue weighted by atomic mass is 32.1. The molecule has 2 N–H and O–H groups in total. The summed E-state index contributed by atoms with van der Waals surface area (Å²) in [7, 11) is 3.99. The van der Waals surface area contributed by atoms with E-state index in [-0.39, 0.29) is 5.91 Å². The molecule has 0 aliphatic rings. The SMILES string of the molecule is CC(C)c1nc(-c2cc(C(=O)NCCN(C)C)c3ccccn23)cs1.O=C(O)C(F)(F)F. The molecule has 0 aliphatic heterocycles. The van der Waals surface area contributed by atoms with Crippen LogP contribution in [-0.2, 0) is 4.79 Å². The van der Waals surface area contributed by atoms with Crippen molar-refractivity contribution in [2.75, 3.05) is 27.2 Å².